The fourth-order valence-corrected chi connectivity index (χ4v) is 4.00. The first kappa shape index (κ1) is 24.6. The van der Waals surface area contributed by atoms with E-state index < -0.39 is 39.2 Å². The van der Waals surface area contributed by atoms with Gasteiger partial charge in [-0.2, -0.15) is 18.3 Å². The molecule has 0 fully saturated rings. The average molecular weight is 506 g/mol. The van der Waals surface area contributed by atoms with Crippen molar-refractivity contribution in [3.05, 3.63) is 52.5 Å². The summed E-state index contributed by atoms with van der Waals surface area (Å²) in [7, 11) is -4.11. The van der Waals surface area contributed by atoms with Gasteiger partial charge >= 0.3 is 6.18 Å². The number of hydrogen-bond donors (Lipinski definition) is 1. The lowest BCUT2D eigenvalue weighted by Gasteiger charge is -2.23. The van der Waals surface area contributed by atoms with Gasteiger partial charge in [-0.3, -0.25) is 9.10 Å². The van der Waals surface area contributed by atoms with Crippen LogP contribution in [-0.2, 0) is 21.0 Å². The molecule has 1 aliphatic rings. The van der Waals surface area contributed by atoms with Crippen molar-refractivity contribution in [3.8, 4) is 11.5 Å². The van der Waals surface area contributed by atoms with Crippen molar-refractivity contribution in [1.82, 2.24) is 5.43 Å². The molecule has 8 nitrogen and oxygen atoms in total. The van der Waals surface area contributed by atoms with Crippen molar-refractivity contribution < 1.29 is 35.9 Å². The van der Waals surface area contributed by atoms with E-state index in [-0.39, 0.29) is 5.69 Å². The minimum atomic E-state index is -4.80. The van der Waals surface area contributed by atoms with Gasteiger partial charge in [0, 0.05) is 5.56 Å². The van der Waals surface area contributed by atoms with E-state index in [2.05, 4.69) is 10.5 Å². The molecule has 0 saturated heterocycles. The number of benzene rings is 2. The molecule has 0 aliphatic carbocycles. The number of halogens is 4. The summed E-state index contributed by atoms with van der Waals surface area (Å²) in [5.74, 6) is 0.235. The number of rotatable bonds is 6. The van der Waals surface area contributed by atoms with Crippen LogP contribution in [0.3, 0.4) is 0 Å². The van der Waals surface area contributed by atoms with Crippen LogP contribution in [0.5, 0.6) is 11.5 Å². The van der Waals surface area contributed by atoms with Gasteiger partial charge in [-0.25, -0.2) is 13.8 Å². The van der Waals surface area contributed by atoms with Crippen molar-refractivity contribution in [2.45, 2.75) is 13.1 Å². The maximum Gasteiger partial charge on any atom is 0.417 e. The maximum atomic E-state index is 13.2. The molecule has 0 unspecified atom stereocenters. The van der Waals surface area contributed by atoms with Crippen LogP contribution in [0.15, 0.2) is 41.5 Å². The minimum Gasteiger partial charge on any atom is -0.486 e. The first-order valence-electron chi connectivity index (χ1n) is 9.44. The molecule has 3 rings (SSSR count). The second kappa shape index (κ2) is 9.48. The SMILES string of the molecule is C/C(=N\NC(=O)CN(c1ccc(Cl)c(C(F)(F)F)c1)S(C)(=O)=O)c1ccc2c(c1)OCCO2. The van der Waals surface area contributed by atoms with E-state index in [4.69, 9.17) is 21.1 Å². The minimum absolute atomic E-state index is 0.364. The van der Waals surface area contributed by atoms with E-state index in [1.165, 1.54) is 0 Å². The summed E-state index contributed by atoms with van der Waals surface area (Å²) in [4.78, 5) is 12.4. The highest BCUT2D eigenvalue weighted by Gasteiger charge is 2.34. The van der Waals surface area contributed by atoms with E-state index in [9.17, 15) is 26.4 Å². The zero-order valence-electron chi connectivity index (χ0n) is 17.4. The highest BCUT2D eigenvalue weighted by molar-refractivity contribution is 7.92. The Balaban J connectivity index is 1.78. The second-order valence-electron chi connectivity index (χ2n) is 7.02. The fourth-order valence-electron chi connectivity index (χ4n) is 2.93. The van der Waals surface area contributed by atoms with Crippen molar-refractivity contribution in [3.63, 3.8) is 0 Å². The molecule has 1 amide bonds. The quantitative estimate of drug-likeness (QED) is 0.479. The number of sulfonamides is 1. The van der Waals surface area contributed by atoms with Crippen LogP contribution in [0.4, 0.5) is 18.9 Å². The number of carbonyl (C=O) groups excluding carboxylic acids is 1. The van der Waals surface area contributed by atoms with E-state index in [1.807, 2.05) is 0 Å². The van der Waals surface area contributed by atoms with Crippen molar-refractivity contribution >= 4 is 38.9 Å². The summed E-state index contributed by atoms with van der Waals surface area (Å²) < 4.78 is 75.3. The summed E-state index contributed by atoms with van der Waals surface area (Å²) in [5.41, 5.74) is 1.63. The Morgan fingerprint density at radius 2 is 1.82 bits per heavy atom. The number of ether oxygens (including phenoxy) is 2. The Morgan fingerprint density at radius 1 is 1.15 bits per heavy atom. The van der Waals surface area contributed by atoms with Crippen LogP contribution >= 0.6 is 11.6 Å². The largest absolute Gasteiger partial charge is 0.486 e. The van der Waals surface area contributed by atoms with E-state index >= 15 is 0 Å². The number of amides is 1. The fraction of sp³-hybridized carbons (Fsp3) is 0.300. The molecule has 0 bridgehead atoms. The predicted molar refractivity (Wildman–Crippen MR) is 116 cm³/mol. The molecule has 13 heteroatoms. The number of alkyl halides is 3. The molecule has 0 aromatic heterocycles. The number of fused-ring (bicyclic) bond motifs is 1. The maximum absolute atomic E-state index is 13.2. The summed E-state index contributed by atoms with van der Waals surface area (Å²) in [6, 6.07) is 7.63. The monoisotopic (exact) mass is 505 g/mol. The topological polar surface area (TPSA) is 97.3 Å². The van der Waals surface area contributed by atoms with E-state index in [0.717, 1.165) is 18.4 Å². The van der Waals surface area contributed by atoms with Gasteiger partial charge in [0.1, 0.15) is 19.8 Å². The smallest absolute Gasteiger partial charge is 0.417 e. The Kier molecular flexibility index (Phi) is 7.08. The molecule has 178 valence electrons. The van der Waals surface area contributed by atoms with Gasteiger partial charge in [0.2, 0.25) is 10.0 Å². The Morgan fingerprint density at radius 3 is 2.45 bits per heavy atom. The van der Waals surface area contributed by atoms with Crippen LogP contribution < -0.4 is 19.2 Å². The molecule has 1 heterocycles. The normalized spacial score (nSPS) is 14.1. The number of nitrogens with zero attached hydrogens (tertiary/aromatic N) is 2. The van der Waals surface area contributed by atoms with Crippen molar-refractivity contribution in [2.75, 3.05) is 30.3 Å². The third-order valence-corrected chi connectivity index (χ3v) is 6.01. The van der Waals surface area contributed by atoms with Crippen LogP contribution in [0, 0.1) is 0 Å². The van der Waals surface area contributed by atoms with Crippen LogP contribution in [0.1, 0.15) is 18.1 Å². The van der Waals surface area contributed by atoms with Gasteiger partial charge in [-0.15, -0.1) is 0 Å². The summed E-state index contributed by atoms with van der Waals surface area (Å²) in [6.45, 7) is 1.64. The molecule has 1 N–H and O–H groups in total. The Bertz CT molecular complexity index is 1200. The highest BCUT2D eigenvalue weighted by atomic mass is 35.5. The lowest BCUT2D eigenvalue weighted by molar-refractivity contribution is -0.137. The molecule has 2 aromatic rings. The van der Waals surface area contributed by atoms with Gasteiger partial charge in [0.05, 0.1) is 28.2 Å². The van der Waals surface area contributed by atoms with Gasteiger partial charge in [-0.1, -0.05) is 11.6 Å². The zero-order valence-corrected chi connectivity index (χ0v) is 19.0. The Hall–Kier alpha value is -2.99. The standard InChI is InChI=1S/C20H19ClF3N3O5S/c1-12(13-3-6-17-18(9-13)32-8-7-31-17)25-26-19(28)11-27(33(2,29)30)14-4-5-16(21)15(10-14)20(22,23)24/h3-6,9-10H,7-8,11H2,1-2H3,(H,26,28)/b25-12+. The number of hydrogen-bond acceptors (Lipinski definition) is 6. The van der Waals surface area contributed by atoms with Gasteiger partial charge in [0.15, 0.2) is 11.5 Å². The van der Waals surface area contributed by atoms with Crippen LogP contribution in [-0.4, -0.2) is 46.1 Å². The summed E-state index contributed by atoms with van der Waals surface area (Å²) in [5, 5.41) is 3.35. The molecule has 0 radical (unpaired) electrons. The summed E-state index contributed by atoms with van der Waals surface area (Å²) in [6.07, 6.45) is -4.03. The van der Waals surface area contributed by atoms with Crippen LogP contribution in [0.2, 0.25) is 5.02 Å². The van der Waals surface area contributed by atoms with Crippen LogP contribution in [0.25, 0.3) is 0 Å². The third kappa shape index (κ3) is 6.08. The number of hydrazone groups is 1. The Labute approximate surface area is 193 Å². The molecule has 2 aromatic carbocycles. The first-order chi connectivity index (χ1) is 15.4. The molecule has 33 heavy (non-hydrogen) atoms. The zero-order chi connectivity index (χ0) is 24.4. The molecule has 0 saturated carbocycles. The highest BCUT2D eigenvalue weighted by Crippen LogP contribution is 2.37. The average Bonchev–Trinajstić information content (AvgIpc) is 2.74. The molecular formula is C20H19ClF3N3O5S. The number of anilines is 1. The van der Waals surface area contributed by atoms with Gasteiger partial charge in [0.25, 0.3) is 5.91 Å². The number of nitrogens with one attached hydrogen (secondary N) is 1. The molecular weight excluding hydrogens is 487 g/mol. The first-order valence-corrected chi connectivity index (χ1v) is 11.7. The molecule has 0 atom stereocenters. The van der Waals surface area contributed by atoms with E-state index in [0.29, 0.717) is 46.4 Å². The lowest BCUT2D eigenvalue weighted by Crippen LogP contribution is -2.39. The van der Waals surface area contributed by atoms with Gasteiger partial charge < -0.3 is 9.47 Å². The molecule has 0 spiro atoms. The van der Waals surface area contributed by atoms with E-state index in [1.54, 1.807) is 25.1 Å². The number of carbonyl (C=O) groups is 1. The van der Waals surface area contributed by atoms with Gasteiger partial charge in [-0.05, 0) is 43.3 Å². The lowest BCUT2D eigenvalue weighted by atomic mass is 10.1. The second-order valence-corrected chi connectivity index (χ2v) is 9.34. The molecule has 1 aliphatic heterocycles. The van der Waals surface area contributed by atoms with Crippen molar-refractivity contribution in [2.24, 2.45) is 5.10 Å². The summed E-state index contributed by atoms with van der Waals surface area (Å²) >= 11 is 5.59. The van der Waals surface area contributed by atoms with Crippen molar-refractivity contribution in [1.29, 1.82) is 0 Å². The predicted octanol–water partition coefficient (Wildman–Crippen LogP) is 3.44. The third-order valence-electron chi connectivity index (χ3n) is 4.54.